The van der Waals surface area contributed by atoms with Gasteiger partial charge >= 0.3 is 0 Å². The molecular formula is C24H22N2. The molecule has 26 heavy (non-hydrogen) atoms. The van der Waals surface area contributed by atoms with Crippen LogP contribution in [0.2, 0.25) is 0 Å². The summed E-state index contributed by atoms with van der Waals surface area (Å²) < 4.78 is 0. The molecule has 0 amide bonds. The highest BCUT2D eigenvalue weighted by atomic mass is 14.7. The Morgan fingerprint density at radius 3 is 2.54 bits per heavy atom. The van der Waals surface area contributed by atoms with Crippen LogP contribution in [0, 0.1) is 6.92 Å². The number of aromatic nitrogens is 2. The first-order chi connectivity index (χ1) is 12.8. The summed E-state index contributed by atoms with van der Waals surface area (Å²) in [5.74, 6) is 0. The Labute approximate surface area is 153 Å². The predicted octanol–water partition coefficient (Wildman–Crippen LogP) is 5.37. The van der Waals surface area contributed by atoms with E-state index in [-0.39, 0.29) is 0 Å². The van der Waals surface area contributed by atoms with Crippen molar-refractivity contribution in [2.24, 2.45) is 0 Å². The van der Waals surface area contributed by atoms with Gasteiger partial charge in [-0.3, -0.25) is 9.97 Å². The van der Waals surface area contributed by atoms with E-state index in [0.29, 0.717) is 0 Å². The minimum Gasteiger partial charge on any atom is -0.254 e. The van der Waals surface area contributed by atoms with Crippen LogP contribution >= 0.6 is 0 Å². The summed E-state index contributed by atoms with van der Waals surface area (Å²) in [5, 5.41) is 2.40. The molecule has 0 saturated carbocycles. The molecule has 2 heteroatoms. The van der Waals surface area contributed by atoms with Crippen LogP contribution in [0.15, 0.2) is 54.9 Å². The van der Waals surface area contributed by atoms with Gasteiger partial charge in [-0.2, -0.15) is 0 Å². The molecule has 0 bridgehead atoms. The number of nitrogens with zero attached hydrogens (tertiary/aromatic N) is 2. The van der Waals surface area contributed by atoms with Gasteiger partial charge in [-0.05, 0) is 79.0 Å². The molecule has 2 nitrogen and oxygen atoms in total. The predicted molar refractivity (Wildman–Crippen MR) is 108 cm³/mol. The van der Waals surface area contributed by atoms with Crippen LogP contribution in [0.3, 0.4) is 0 Å². The highest BCUT2D eigenvalue weighted by Crippen LogP contribution is 2.26. The molecule has 128 valence electrons. The maximum atomic E-state index is 4.66. The lowest BCUT2D eigenvalue weighted by Crippen LogP contribution is -1.95. The summed E-state index contributed by atoms with van der Waals surface area (Å²) in [7, 11) is 0. The van der Waals surface area contributed by atoms with Crippen molar-refractivity contribution in [3.63, 3.8) is 0 Å². The van der Waals surface area contributed by atoms with Crippen LogP contribution in [0.4, 0.5) is 0 Å². The summed E-state index contributed by atoms with van der Waals surface area (Å²) >= 11 is 0. The molecule has 1 aliphatic rings. The zero-order valence-electron chi connectivity index (χ0n) is 15.1. The molecule has 0 unspecified atom stereocenters. The van der Waals surface area contributed by atoms with Gasteiger partial charge in [-0.25, -0.2) is 0 Å². The van der Waals surface area contributed by atoms with E-state index < -0.39 is 0 Å². The Bertz CT molecular complexity index is 1130. The molecule has 0 fully saturated rings. The van der Waals surface area contributed by atoms with Gasteiger partial charge in [0.2, 0.25) is 0 Å². The van der Waals surface area contributed by atoms with E-state index in [1.54, 1.807) is 11.1 Å². The van der Waals surface area contributed by atoms with E-state index in [9.17, 15) is 0 Å². The quantitative estimate of drug-likeness (QED) is 0.470. The van der Waals surface area contributed by atoms with Crippen LogP contribution in [0.25, 0.3) is 21.8 Å². The molecule has 0 N–H and O–H groups in total. The van der Waals surface area contributed by atoms with E-state index in [2.05, 4.69) is 59.4 Å². The monoisotopic (exact) mass is 338 g/mol. The molecule has 0 saturated heterocycles. The summed E-state index contributed by atoms with van der Waals surface area (Å²) in [6.45, 7) is 2.11. The SMILES string of the molecule is Cc1ccc2c(c1)ncc1ncc(CCc3ccc4c(c3)CCC4)cc12. The van der Waals surface area contributed by atoms with Crippen molar-refractivity contribution in [2.45, 2.75) is 39.0 Å². The first-order valence-corrected chi connectivity index (χ1v) is 9.51. The summed E-state index contributed by atoms with van der Waals surface area (Å²) in [6, 6.07) is 15.8. The fraction of sp³-hybridized carbons (Fsp3) is 0.250. The van der Waals surface area contributed by atoms with Gasteiger partial charge in [0.25, 0.3) is 0 Å². The Kier molecular flexibility index (Phi) is 3.70. The van der Waals surface area contributed by atoms with Crippen LogP contribution in [0.5, 0.6) is 0 Å². The number of aryl methyl sites for hydroxylation is 5. The number of pyridine rings is 2. The highest BCUT2D eigenvalue weighted by Gasteiger charge is 2.11. The normalized spacial score (nSPS) is 13.4. The van der Waals surface area contributed by atoms with Crippen molar-refractivity contribution in [1.82, 2.24) is 9.97 Å². The molecule has 2 aromatic carbocycles. The van der Waals surface area contributed by atoms with Gasteiger partial charge in [-0.1, -0.05) is 30.3 Å². The Hall–Kier alpha value is -2.74. The van der Waals surface area contributed by atoms with Gasteiger partial charge < -0.3 is 0 Å². The first-order valence-electron chi connectivity index (χ1n) is 9.51. The standard InChI is InChI=1S/C24H22N2/c1-16-5-10-21-22-13-18(14-25-24(22)15-26-23(21)11-16)7-6-17-8-9-19-3-2-4-20(19)12-17/h5,8-15H,2-4,6-7H2,1H3. The zero-order valence-corrected chi connectivity index (χ0v) is 15.1. The minimum atomic E-state index is 0.975. The number of hydrogen-bond acceptors (Lipinski definition) is 2. The minimum absolute atomic E-state index is 0.975. The zero-order chi connectivity index (χ0) is 17.5. The lowest BCUT2D eigenvalue weighted by Gasteiger charge is -2.08. The topological polar surface area (TPSA) is 25.8 Å². The van der Waals surface area contributed by atoms with Crippen LogP contribution in [-0.4, -0.2) is 9.97 Å². The maximum absolute atomic E-state index is 4.66. The van der Waals surface area contributed by atoms with E-state index in [1.807, 2.05) is 12.4 Å². The van der Waals surface area contributed by atoms with Gasteiger partial charge in [0.05, 0.1) is 17.2 Å². The molecule has 0 atom stereocenters. The molecule has 5 rings (SSSR count). The van der Waals surface area contributed by atoms with Crippen molar-refractivity contribution in [3.8, 4) is 0 Å². The summed E-state index contributed by atoms with van der Waals surface area (Å²) in [4.78, 5) is 9.23. The van der Waals surface area contributed by atoms with Crippen LogP contribution in [0.1, 0.15) is 34.2 Å². The van der Waals surface area contributed by atoms with Crippen molar-refractivity contribution < 1.29 is 0 Å². The molecule has 2 aromatic heterocycles. The smallest absolute Gasteiger partial charge is 0.0891 e. The van der Waals surface area contributed by atoms with Gasteiger partial charge in [0.15, 0.2) is 0 Å². The third-order valence-electron chi connectivity index (χ3n) is 5.61. The summed E-state index contributed by atoms with van der Waals surface area (Å²) in [5.41, 5.74) is 9.12. The second-order valence-electron chi connectivity index (χ2n) is 7.51. The third-order valence-corrected chi connectivity index (χ3v) is 5.61. The molecule has 1 aliphatic carbocycles. The van der Waals surface area contributed by atoms with Gasteiger partial charge in [-0.15, -0.1) is 0 Å². The molecule has 0 radical (unpaired) electrons. The molecule has 2 heterocycles. The number of hydrogen-bond donors (Lipinski definition) is 0. The fourth-order valence-corrected chi connectivity index (χ4v) is 4.15. The average molecular weight is 338 g/mol. The molecule has 0 spiro atoms. The molecular weight excluding hydrogens is 316 g/mol. The molecule has 0 aliphatic heterocycles. The lowest BCUT2D eigenvalue weighted by molar-refractivity contribution is 0.910. The van der Waals surface area contributed by atoms with E-state index in [4.69, 9.17) is 0 Å². The second kappa shape index (κ2) is 6.21. The Morgan fingerprint density at radius 1 is 0.731 bits per heavy atom. The third kappa shape index (κ3) is 2.76. The van der Waals surface area contributed by atoms with Gasteiger partial charge in [0.1, 0.15) is 0 Å². The highest BCUT2D eigenvalue weighted by molar-refractivity contribution is 6.04. The van der Waals surface area contributed by atoms with E-state index >= 15 is 0 Å². The number of rotatable bonds is 3. The Morgan fingerprint density at radius 2 is 1.58 bits per heavy atom. The maximum Gasteiger partial charge on any atom is 0.0891 e. The summed E-state index contributed by atoms with van der Waals surface area (Å²) in [6.07, 6.45) is 9.82. The van der Waals surface area contributed by atoms with Crippen molar-refractivity contribution in [3.05, 3.63) is 82.7 Å². The second-order valence-corrected chi connectivity index (χ2v) is 7.51. The largest absolute Gasteiger partial charge is 0.254 e. The van der Waals surface area contributed by atoms with Crippen LogP contribution in [-0.2, 0) is 25.7 Å². The molecule has 4 aromatic rings. The Balaban J connectivity index is 1.46. The van der Waals surface area contributed by atoms with Crippen LogP contribution < -0.4 is 0 Å². The average Bonchev–Trinajstić information content (AvgIpc) is 3.13. The number of benzene rings is 2. The van der Waals surface area contributed by atoms with E-state index in [0.717, 1.165) is 23.9 Å². The van der Waals surface area contributed by atoms with E-state index in [1.165, 1.54) is 46.7 Å². The van der Waals surface area contributed by atoms with Gasteiger partial charge in [0, 0.05) is 17.0 Å². The fourth-order valence-electron chi connectivity index (χ4n) is 4.15. The number of fused-ring (bicyclic) bond motifs is 4. The first kappa shape index (κ1) is 15.5. The van der Waals surface area contributed by atoms with Crippen molar-refractivity contribution in [2.75, 3.05) is 0 Å². The van der Waals surface area contributed by atoms with Crippen molar-refractivity contribution in [1.29, 1.82) is 0 Å². The van der Waals surface area contributed by atoms with Crippen molar-refractivity contribution >= 4 is 21.8 Å². The lowest BCUT2D eigenvalue weighted by atomic mass is 10.00.